The van der Waals surface area contributed by atoms with Crippen LogP contribution in [-0.4, -0.2) is 23.7 Å². The normalized spacial score (nSPS) is 13.1. The first-order valence-electron chi connectivity index (χ1n) is 10.1. The molecule has 158 valence electrons. The number of fused-ring (bicyclic) bond motifs is 1. The number of ether oxygens (including phenoxy) is 1. The fourth-order valence-electron chi connectivity index (χ4n) is 3.41. The topological polar surface area (TPSA) is 88.8 Å². The van der Waals surface area contributed by atoms with Crippen LogP contribution in [0, 0.1) is 6.92 Å². The van der Waals surface area contributed by atoms with Crippen molar-refractivity contribution >= 4 is 16.9 Å². The minimum absolute atomic E-state index is 0.0844. The number of nitrogens with one attached hydrogen (secondary N) is 1. The first-order valence-corrected chi connectivity index (χ1v) is 10.1. The average Bonchev–Trinajstić information content (AvgIpc) is 2.71. The van der Waals surface area contributed by atoms with Gasteiger partial charge in [-0.25, -0.2) is 4.79 Å². The highest BCUT2D eigenvalue weighted by molar-refractivity contribution is 5.88. The molecule has 0 unspecified atom stereocenters. The molecule has 0 saturated carbocycles. The lowest BCUT2D eigenvalue weighted by Gasteiger charge is -2.19. The zero-order valence-corrected chi connectivity index (χ0v) is 17.5. The molecule has 0 aliphatic heterocycles. The largest absolute Gasteiger partial charge is 0.480 e. The molecule has 0 fully saturated rings. The van der Waals surface area contributed by atoms with E-state index in [0.717, 1.165) is 23.1 Å². The van der Waals surface area contributed by atoms with E-state index in [1.807, 2.05) is 38.1 Å². The lowest BCUT2D eigenvalue weighted by molar-refractivity contribution is -0.127. The van der Waals surface area contributed by atoms with Crippen LogP contribution >= 0.6 is 0 Å². The Kier molecular flexibility index (Phi) is 6.90. The minimum Gasteiger partial charge on any atom is -0.480 e. The number of aryl methyl sites for hydroxylation is 2. The second-order valence-electron chi connectivity index (χ2n) is 7.41. The molecule has 6 nitrogen and oxygen atoms in total. The number of aliphatic hydroxyl groups is 1. The van der Waals surface area contributed by atoms with E-state index in [-0.39, 0.29) is 12.5 Å². The molecule has 0 radical (unpaired) electrons. The van der Waals surface area contributed by atoms with Crippen molar-refractivity contribution in [2.75, 3.05) is 6.54 Å². The fraction of sp³-hybridized carbons (Fsp3) is 0.333. The monoisotopic (exact) mass is 409 g/mol. The van der Waals surface area contributed by atoms with Gasteiger partial charge in [-0.1, -0.05) is 43.7 Å². The van der Waals surface area contributed by atoms with Gasteiger partial charge < -0.3 is 19.6 Å². The average molecular weight is 409 g/mol. The Morgan fingerprint density at radius 1 is 1.20 bits per heavy atom. The molecule has 30 heavy (non-hydrogen) atoms. The third kappa shape index (κ3) is 5.07. The second kappa shape index (κ2) is 9.59. The van der Waals surface area contributed by atoms with Crippen LogP contribution in [0.2, 0.25) is 0 Å². The molecule has 0 saturated heterocycles. The molecule has 2 N–H and O–H groups in total. The number of hydrogen-bond donors (Lipinski definition) is 2. The van der Waals surface area contributed by atoms with Crippen molar-refractivity contribution in [3.8, 4) is 5.75 Å². The Bertz CT molecular complexity index is 1070. The van der Waals surface area contributed by atoms with Gasteiger partial charge in [0.2, 0.25) is 0 Å². The molecule has 1 amide bonds. The molecule has 2 aromatic carbocycles. The standard InChI is InChI=1S/C24H27NO5/c1-4-8-18-13-22(27)30-21-12-15(2)11-20(23(18)21)29-16(3)24(28)25-14-19(26)17-9-6-5-7-10-17/h5-7,9-13,16,19,26H,4,8,14H2,1-3H3,(H,25,28)/t16-,19+/m0/s1. The maximum Gasteiger partial charge on any atom is 0.336 e. The smallest absolute Gasteiger partial charge is 0.336 e. The van der Waals surface area contributed by atoms with Crippen molar-refractivity contribution in [1.29, 1.82) is 0 Å². The quantitative estimate of drug-likeness (QED) is 0.554. The first kappa shape index (κ1) is 21.6. The Labute approximate surface area is 175 Å². The van der Waals surface area contributed by atoms with Gasteiger partial charge in [-0.3, -0.25) is 4.79 Å². The Morgan fingerprint density at radius 3 is 2.63 bits per heavy atom. The van der Waals surface area contributed by atoms with Gasteiger partial charge in [0.25, 0.3) is 5.91 Å². The maximum atomic E-state index is 12.5. The van der Waals surface area contributed by atoms with Crippen LogP contribution in [0.1, 0.15) is 43.1 Å². The summed E-state index contributed by atoms with van der Waals surface area (Å²) in [6.07, 6.45) is -0.0306. The fourth-order valence-corrected chi connectivity index (χ4v) is 3.41. The Hall–Kier alpha value is -3.12. The molecule has 0 aliphatic carbocycles. The highest BCUT2D eigenvalue weighted by Gasteiger charge is 2.20. The first-order chi connectivity index (χ1) is 14.4. The van der Waals surface area contributed by atoms with Crippen LogP contribution in [0.15, 0.2) is 57.7 Å². The summed E-state index contributed by atoms with van der Waals surface area (Å²) in [7, 11) is 0. The highest BCUT2D eigenvalue weighted by Crippen LogP contribution is 2.31. The van der Waals surface area contributed by atoms with Gasteiger partial charge in [-0.05, 0) is 49.1 Å². The number of amides is 1. The van der Waals surface area contributed by atoms with Crippen LogP contribution in [0.5, 0.6) is 5.75 Å². The van der Waals surface area contributed by atoms with Crippen molar-refractivity contribution in [3.05, 3.63) is 75.6 Å². The molecular weight excluding hydrogens is 382 g/mol. The van der Waals surface area contributed by atoms with Crippen molar-refractivity contribution in [3.63, 3.8) is 0 Å². The molecule has 0 spiro atoms. The van der Waals surface area contributed by atoms with Crippen molar-refractivity contribution in [2.24, 2.45) is 0 Å². The van der Waals surface area contributed by atoms with Crippen molar-refractivity contribution < 1.29 is 19.1 Å². The lowest BCUT2D eigenvalue weighted by atomic mass is 10.0. The summed E-state index contributed by atoms with van der Waals surface area (Å²) in [4.78, 5) is 24.5. The molecule has 6 heteroatoms. The van der Waals surface area contributed by atoms with E-state index >= 15 is 0 Å². The number of hydrogen-bond acceptors (Lipinski definition) is 5. The molecule has 1 aromatic heterocycles. The van der Waals surface area contributed by atoms with E-state index in [0.29, 0.717) is 23.1 Å². The molecule has 3 rings (SSSR count). The van der Waals surface area contributed by atoms with E-state index in [1.54, 1.807) is 25.1 Å². The highest BCUT2D eigenvalue weighted by atomic mass is 16.5. The van der Waals surface area contributed by atoms with E-state index in [1.165, 1.54) is 6.07 Å². The van der Waals surface area contributed by atoms with Gasteiger partial charge in [0.15, 0.2) is 6.10 Å². The van der Waals surface area contributed by atoms with Gasteiger partial charge in [0.05, 0.1) is 11.5 Å². The third-order valence-corrected chi connectivity index (χ3v) is 4.88. The van der Waals surface area contributed by atoms with Crippen LogP contribution in [0.4, 0.5) is 0 Å². The maximum absolute atomic E-state index is 12.5. The van der Waals surface area contributed by atoms with E-state index in [2.05, 4.69) is 5.32 Å². The molecule has 0 bridgehead atoms. The van der Waals surface area contributed by atoms with Crippen LogP contribution in [0.3, 0.4) is 0 Å². The van der Waals surface area contributed by atoms with E-state index in [4.69, 9.17) is 9.15 Å². The Balaban J connectivity index is 1.77. The number of benzene rings is 2. The summed E-state index contributed by atoms with van der Waals surface area (Å²) in [5.41, 5.74) is 2.48. The Morgan fingerprint density at radius 2 is 1.93 bits per heavy atom. The van der Waals surface area contributed by atoms with E-state index in [9.17, 15) is 14.7 Å². The summed E-state index contributed by atoms with van der Waals surface area (Å²) < 4.78 is 11.4. The van der Waals surface area contributed by atoms with Crippen LogP contribution in [-0.2, 0) is 11.2 Å². The number of aliphatic hydroxyl groups excluding tert-OH is 1. The predicted octanol–water partition coefficient (Wildman–Crippen LogP) is 3.67. The van der Waals surface area contributed by atoms with Crippen LogP contribution < -0.4 is 15.7 Å². The zero-order valence-electron chi connectivity index (χ0n) is 17.5. The summed E-state index contributed by atoms with van der Waals surface area (Å²) in [6.45, 7) is 5.64. The molecule has 2 atom stereocenters. The van der Waals surface area contributed by atoms with Gasteiger partial charge in [-0.15, -0.1) is 0 Å². The molecule has 0 aliphatic rings. The molecule has 1 heterocycles. The van der Waals surface area contributed by atoms with Crippen molar-refractivity contribution in [2.45, 2.75) is 45.8 Å². The summed E-state index contributed by atoms with van der Waals surface area (Å²) in [5.74, 6) is 0.164. The summed E-state index contributed by atoms with van der Waals surface area (Å²) in [5, 5.41) is 13.7. The van der Waals surface area contributed by atoms with Gasteiger partial charge in [0.1, 0.15) is 11.3 Å². The van der Waals surface area contributed by atoms with Gasteiger partial charge in [0, 0.05) is 12.6 Å². The molecular formula is C24H27NO5. The summed E-state index contributed by atoms with van der Waals surface area (Å²) >= 11 is 0. The van der Waals surface area contributed by atoms with Crippen LogP contribution in [0.25, 0.3) is 11.0 Å². The number of carbonyl (C=O) groups is 1. The summed E-state index contributed by atoms with van der Waals surface area (Å²) in [6, 6.07) is 14.3. The third-order valence-electron chi connectivity index (χ3n) is 4.88. The number of carbonyl (C=O) groups excluding carboxylic acids is 1. The number of rotatable bonds is 8. The predicted molar refractivity (Wildman–Crippen MR) is 116 cm³/mol. The second-order valence-corrected chi connectivity index (χ2v) is 7.41. The zero-order chi connectivity index (χ0) is 21.7. The molecule has 3 aromatic rings. The van der Waals surface area contributed by atoms with Gasteiger partial charge in [-0.2, -0.15) is 0 Å². The minimum atomic E-state index is -0.799. The van der Waals surface area contributed by atoms with Gasteiger partial charge >= 0.3 is 5.63 Å². The lowest BCUT2D eigenvalue weighted by Crippen LogP contribution is -2.38. The van der Waals surface area contributed by atoms with Crippen molar-refractivity contribution in [1.82, 2.24) is 5.32 Å². The van der Waals surface area contributed by atoms with E-state index < -0.39 is 17.8 Å². The SMILES string of the molecule is CCCc1cc(=O)oc2cc(C)cc(O[C@@H](C)C(=O)NC[C@@H](O)c3ccccc3)c12.